The second-order valence-electron chi connectivity index (χ2n) is 6.97. The molecular formula is C15H21BrN6O3. The van der Waals surface area contributed by atoms with Crippen LogP contribution in [0.5, 0.6) is 0 Å². The topological polar surface area (TPSA) is 95.8 Å². The Morgan fingerprint density at radius 1 is 1.24 bits per heavy atom. The van der Waals surface area contributed by atoms with Crippen LogP contribution in [0.3, 0.4) is 0 Å². The number of ether oxygens (including phenoxy) is 1. The fraction of sp³-hybridized carbons (Fsp3) is 0.600. The van der Waals surface area contributed by atoms with Gasteiger partial charge in [-0.25, -0.2) is 4.79 Å². The summed E-state index contributed by atoms with van der Waals surface area (Å²) in [5.41, 5.74) is 0.528. The molecule has 1 amide bonds. The summed E-state index contributed by atoms with van der Waals surface area (Å²) < 4.78 is 7.00. The highest BCUT2D eigenvalue weighted by Gasteiger charge is 2.28. The molecule has 0 saturated carbocycles. The van der Waals surface area contributed by atoms with Gasteiger partial charge < -0.3 is 19.5 Å². The van der Waals surface area contributed by atoms with E-state index in [2.05, 4.69) is 31.0 Å². The molecule has 0 radical (unpaired) electrons. The van der Waals surface area contributed by atoms with E-state index in [1.54, 1.807) is 4.90 Å². The number of amides is 1. The number of halogens is 1. The van der Waals surface area contributed by atoms with E-state index in [0.29, 0.717) is 42.4 Å². The zero-order chi connectivity index (χ0) is 18.4. The second kappa shape index (κ2) is 6.32. The Morgan fingerprint density at radius 3 is 2.48 bits per heavy atom. The fourth-order valence-corrected chi connectivity index (χ4v) is 3.14. The summed E-state index contributed by atoms with van der Waals surface area (Å²) in [6.07, 6.45) is -0.326. The molecule has 1 fully saturated rings. The van der Waals surface area contributed by atoms with Crippen LogP contribution in [-0.2, 0) is 4.74 Å². The van der Waals surface area contributed by atoms with Crippen LogP contribution in [0.1, 0.15) is 26.5 Å². The molecule has 1 aliphatic rings. The van der Waals surface area contributed by atoms with Gasteiger partial charge in [-0.05, 0) is 43.6 Å². The second-order valence-corrected chi connectivity index (χ2v) is 7.68. The average Bonchev–Trinajstić information content (AvgIpc) is 2.87. The minimum Gasteiger partial charge on any atom is -0.444 e. The molecule has 1 saturated heterocycles. The number of rotatable bonds is 1. The van der Waals surface area contributed by atoms with Crippen molar-refractivity contribution in [2.24, 2.45) is 0 Å². The van der Waals surface area contributed by atoms with Crippen molar-refractivity contribution in [3.63, 3.8) is 0 Å². The fourth-order valence-electron chi connectivity index (χ4n) is 2.81. The summed E-state index contributed by atoms with van der Waals surface area (Å²) >= 11 is 3.18. The summed E-state index contributed by atoms with van der Waals surface area (Å²) in [6, 6.07) is 0. The molecule has 3 rings (SSSR count). The van der Waals surface area contributed by atoms with Gasteiger partial charge >= 0.3 is 6.09 Å². The van der Waals surface area contributed by atoms with Crippen molar-refractivity contribution >= 4 is 33.5 Å². The number of carbonyl (C=O) groups is 1. The number of anilines is 1. The van der Waals surface area contributed by atoms with Gasteiger partial charge in [0.15, 0.2) is 0 Å². The van der Waals surface area contributed by atoms with Crippen molar-refractivity contribution in [2.75, 3.05) is 31.1 Å². The number of hydrogen-bond donors (Lipinski definition) is 1. The van der Waals surface area contributed by atoms with E-state index in [0.717, 1.165) is 5.69 Å². The molecule has 25 heavy (non-hydrogen) atoms. The highest BCUT2D eigenvalue weighted by molar-refractivity contribution is 9.10. The minimum atomic E-state index is -0.520. The van der Waals surface area contributed by atoms with Gasteiger partial charge in [-0.1, -0.05) is 0 Å². The van der Waals surface area contributed by atoms with Crippen LogP contribution in [0, 0.1) is 6.92 Å². The number of carbonyl (C=O) groups excluding carboxylic acids is 1. The summed E-state index contributed by atoms with van der Waals surface area (Å²) in [7, 11) is 0. The lowest BCUT2D eigenvalue weighted by Crippen LogP contribution is -2.51. The Hall–Kier alpha value is -2.10. The average molecular weight is 413 g/mol. The molecule has 1 N–H and O–H groups in total. The lowest BCUT2D eigenvalue weighted by molar-refractivity contribution is 0.0240. The Labute approximate surface area is 153 Å². The van der Waals surface area contributed by atoms with Crippen LogP contribution < -0.4 is 10.5 Å². The molecule has 1 aliphatic heterocycles. The molecule has 0 atom stereocenters. The molecule has 3 heterocycles. The third-order valence-electron chi connectivity index (χ3n) is 3.88. The van der Waals surface area contributed by atoms with Crippen molar-refractivity contribution in [1.29, 1.82) is 0 Å². The van der Waals surface area contributed by atoms with Crippen LogP contribution in [0.15, 0.2) is 9.53 Å². The minimum absolute atomic E-state index is 0.227. The molecule has 9 nitrogen and oxygen atoms in total. The molecule has 2 aromatic rings. The Kier molecular flexibility index (Phi) is 4.48. The maximum absolute atomic E-state index is 12.7. The normalized spacial score (nSPS) is 15.7. The van der Waals surface area contributed by atoms with Crippen molar-refractivity contribution in [3.05, 3.63) is 20.8 Å². The van der Waals surface area contributed by atoms with E-state index in [9.17, 15) is 9.59 Å². The maximum atomic E-state index is 12.7. The van der Waals surface area contributed by atoms with E-state index in [1.165, 1.54) is 4.52 Å². The molecule has 0 aliphatic carbocycles. The number of nitrogens with one attached hydrogen (secondary N) is 1. The first-order valence-electron chi connectivity index (χ1n) is 8.04. The molecule has 0 unspecified atom stereocenters. The summed E-state index contributed by atoms with van der Waals surface area (Å²) in [6.45, 7) is 9.44. The third kappa shape index (κ3) is 3.63. The van der Waals surface area contributed by atoms with Gasteiger partial charge in [-0.2, -0.15) is 9.50 Å². The van der Waals surface area contributed by atoms with Crippen LogP contribution in [-0.4, -0.2) is 62.4 Å². The van der Waals surface area contributed by atoms with Crippen molar-refractivity contribution < 1.29 is 9.53 Å². The molecular weight excluding hydrogens is 392 g/mol. The maximum Gasteiger partial charge on any atom is 0.410 e. The molecule has 136 valence electrons. The first kappa shape index (κ1) is 17.7. The van der Waals surface area contributed by atoms with E-state index in [1.807, 2.05) is 32.6 Å². The van der Waals surface area contributed by atoms with Crippen LogP contribution >= 0.6 is 15.9 Å². The van der Waals surface area contributed by atoms with Crippen LogP contribution in [0.25, 0.3) is 5.78 Å². The van der Waals surface area contributed by atoms with E-state index in [4.69, 9.17) is 4.74 Å². The van der Waals surface area contributed by atoms with E-state index >= 15 is 0 Å². The summed E-state index contributed by atoms with van der Waals surface area (Å²) in [4.78, 5) is 35.7. The first-order valence-corrected chi connectivity index (χ1v) is 8.83. The molecule has 10 heteroatoms. The molecule has 0 spiro atoms. The molecule has 0 aromatic carbocycles. The highest BCUT2D eigenvalue weighted by Crippen LogP contribution is 2.18. The predicted octanol–water partition coefficient (Wildman–Crippen LogP) is 1.55. The van der Waals surface area contributed by atoms with Gasteiger partial charge in [0, 0.05) is 31.9 Å². The third-order valence-corrected chi connectivity index (χ3v) is 4.21. The van der Waals surface area contributed by atoms with Crippen molar-refractivity contribution in [3.8, 4) is 0 Å². The van der Waals surface area contributed by atoms with Crippen molar-refractivity contribution in [2.45, 2.75) is 33.3 Å². The predicted molar refractivity (Wildman–Crippen MR) is 96.1 cm³/mol. The number of aromatic amines is 1. The Balaban J connectivity index is 1.78. The summed E-state index contributed by atoms with van der Waals surface area (Å²) in [5.74, 6) is 0.394. The lowest BCUT2D eigenvalue weighted by Gasteiger charge is -2.36. The van der Waals surface area contributed by atoms with E-state index < -0.39 is 5.60 Å². The van der Waals surface area contributed by atoms with Crippen LogP contribution in [0.2, 0.25) is 0 Å². The van der Waals surface area contributed by atoms with Gasteiger partial charge in [-0.3, -0.25) is 4.79 Å². The standard InChI is InChI=1S/C15H21BrN6O3/c1-9-10(11(23)22-13(17-9)18-12(16)19-22)20-5-7-21(8-6-20)14(24)25-15(2,3)4/h5-8H2,1-4H3,(H,17,18,19). The number of aromatic nitrogens is 4. The van der Waals surface area contributed by atoms with Gasteiger partial charge in [0.25, 0.3) is 5.56 Å². The molecule has 0 bridgehead atoms. The summed E-state index contributed by atoms with van der Waals surface area (Å²) in [5, 5.41) is 4.06. The van der Waals surface area contributed by atoms with Gasteiger partial charge in [0.1, 0.15) is 11.3 Å². The molecule has 2 aromatic heterocycles. The first-order chi connectivity index (χ1) is 11.7. The number of hydrogen-bond acceptors (Lipinski definition) is 6. The smallest absolute Gasteiger partial charge is 0.410 e. The Bertz CT molecular complexity index is 860. The van der Waals surface area contributed by atoms with Gasteiger partial charge in [-0.15, -0.1) is 5.10 Å². The lowest BCUT2D eigenvalue weighted by atomic mass is 10.2. The Morgan fingerprint density at radius 2 is 1.88 bits per heavy atom. The monoisotopic (exact) mass is 412 g/mol. The number of nitrogens with zero attached hydrogens (tertiary/aromatic N) is 5. The zero-order valence-electron chi connectivity index (χ0n) is 14.7. The quantitative estimate of drug-likeness (QED) is 0.762. The van der Waals surface area contributed by atoms with Crippen molar-refractivity contribution in [1.82, 2.24) is 24.5 Å². The highest BCUT2D eigenvalue weighted by atomic mass is 79.9. The zero-order valence-corrected chi connectivity index (χ0v) is 16.3. The number of fused-ring (bicyclic) bond motifs is 1. The number of H-pyrrole nitrogens is 1. The van der Waals surface area contributed by atoms with Gasteiger partial charge in [0.2, 0.25) is 10.5 Å². The number of aryl methyl sites for hydroxylation is 1. The SMILES string of the molecule is Cc1[nH]c2nc(Br)nn2c(=O)c1N1CCN(C(=O)OC(C)(C)C)CC1. The number of piperazine rings is 1. The van der Waals surface area contributed by atoms with Gasteiger partial charge in [0.05, 0.1) is 0 Å². The van der Waals surface area contributed by atoms with E-state index in [-0.39, 0.29) is 11.7 Å². The largest absolute Gasteiger partial charge is 0.444 e. The van der Waals surface area contributed by atoms with Crippen LogP contribution in [0.4, 0.5) is 10.5 Å².